The van der Waals surface area contributed by atoms with Crippen molar-refractivity contribution in [3.63, 3.8) is 0 Å². The first kappa shape index (κ1) is 16.7. The third kappa shape index (κ3) is 13.3. The zero-order valence-electron chi connectivity index (χ0n) is 6.10. The standard InChI is InChI=1S/C3H11NO6P2.Na.H/c4-3(10-12(7)8)1-2-9-11(5)6;;/h3,11-12H,1-2,4H2,(H,5,6)(H,7,8);;. The van der Waals surface area contributed by atoms with Gasteiger partial charge in [-0.3, -0.25) is 13.7 Å². The van der Waals surface area contributed by atoms with Gasteiger partial charge in [0, 0.05) is 6.42 Å². The second-order valence-electron chi connectivity index (χ2n) is 1.83. The fourth-order valence-electron chi connectivity index (χ4n) is 0.451. The van der Waals surface area contributed by atoms with Gasteiger partial charge in [-0.1, -0.05) is 0 Å². The molecule has 0 aliphatic carbocycles. The third-order valence-electron chi connectivity index (χ3n) is 0.880. The molecule has 0 saturated carbocycles. The van der Waals surface area contributed by atoms with Gasteiger partial charge in [-0.05, 0) is 0 Å². The van der Waals surface area contributed by atoms with Crippen LogP contribution >= 0.6 is 16.5 Å². The van der Waals surface area contributed by atoms with Crippen LogP contribution in [0.3, 0.4) is 0 Å². The predicted molar refractivity (Wildman–Crippen MR) is 49.2 cm³/mol. The number of hydrogen-bond acceptors (Lipinski definition) is 5. The number of hydrogen-bond donors (Lipinski definition) is 3. The molecule has 0 radical (unpaired) electrons. The van der Waals surface area contributed by atoms with Gasteiger partial charge in [0.15, 0.2) is 0 Å². The SMILES string of the molecule is NC(CCO[PH](=O)O)O[PH](=O)O.[NaH]. The number of nitrogens with two attached hydrogens (primary N) is 1. The van der Waals surface area contributed by atoms with E-state index in [2.05, 4.69) is 9.05 Å². The van der Waals surface area contributed by atoms with Crippen molar-refractivity contribution in [2.24, 2.45) is 5.73 Å². The first-order chi connectivity index (χ1) is 5.52. The maximum atomic E-state index is 10.0. The summed E-state index contributed by atoms with van der Waals surface area (Å²) in [7, 11) is -6.00. The third-order valence-corrected chi connectivity index (χ3v) is 1.84. The Hall–Kier alpha value is 1.26. The van der Waals surface area contributed by atoms with E-state index in [0.29, 0.717) is 0 Å². The molecule has 0 heterocycles. The van der Waals surface area contributed by atoms with E-state index < -0.39 is 22.7 Å². The van der Waals surface area contributed by atoms with E-state index in [-0.39, 0.29) is 42.6 Å². The average Bonchev–Trinajstić information content (AvgIpc) is 1.84. The Bertz CT molecular complexity index is 179. The normalized spacial score (nSPS) is 17.2. The maximum absolute atomic E-state index is 10.0. The summed E-state index contributed by atoms with van der Waals surface area (Å²) in [4.78, 5) is 16.4. The van der Waals surface area contributed by atoms with Gasteiger partial charge in [0.1, 0.15) is 6.23 Å². The van der Waals surface area contributed by atoms with Crippen LogP contribution in [0.1, 0.15) is 6.42 Å². The summed E-state index contributed by atoms with van der Waals surface area (Å²) in [6.45, 7) is -0.0788. The Morgan fingerprint density at radius 2 is 1.85 bits per heavy atom. The Morgan fingerprint density at radius 1 is 1.31 bits per heavy atom. The van der Waals surface area contributed by atoms with Crippen molar-refractivity contribution in [3.05, 3.63) is 0 Å². The van der Waals surface area contributed by atoms with Crippen molar-refractivity contribution in [2.75, 3.05) is 6.61 Å². The van der Waals surface area contributed by atoms with Gasteiger partial charge in [0.2, 0.25) is 0 Å². The van der Waals surface area contributed by atoms with Crippen LogP contribution in [0.5, 0.6) is 0 Å². The van der Waals surface area contributed by atoms with E-state index in [1.54, 1.807) is 0 Å². The van der Waals surface area contributed by atoms with E-state index in [4.69, 9.17) is 15.5 Å². The Balaban J connectivity index is 0. The van der Waals surface area contributed by atoms with Crippen molar-refractivity contribution < 1.29 is 28.0 Å². The van der Waals surface area contributed by atoms with Gasteiger partial charge < -0.3 is 20.0 Å². The molecular weight excluding hydrogens is 231 g/mol. The fraction of sp³-hybridized carbons (Fsp3) is 1.00. The summed E-state index contributed by atoms with van der Waals surface area (Å²) in [5.41, 5.74) is 5.15. The van der Waals surface area contributed by atoms with Crippen molar-refractivity contribution in [3.8, 4) is 0 Å². The first-order valence-electron chi connectivity index (χ1n) is 3.03. The Labute approximate surface area is 98.8 Å². The molecule has 7 nitrogen and oxygen atoms in total. The van der Waals surface area contributed by atoms with Crippen LogP contribution in [0.15, 0.2) is 0 Å². The molecule has 0 amide bonds. The van der Waals surface area contributed by atoms with Crippen LogP contribution in [-0.2, 0) is 18.2 Å². The van der Waals surface area contributed by atoms with Gasteiger partial charge in [-0.2, -0.15) is 0 Å². The second kappa shape index (κ2) is 9.80. The zero-order valence-corrected chi connectivity index (χ0v) is 8.10. The molecule has 0 aromatic carbocycles. The van der Waals surface area contributed by atoms with Crippen molar-refractivity contribution in [1.29, 1.82) is 0 Å². The molecule has 0 aliphatic heterocycles. The van der Waals surface area contributed by atoms with Gasteiger partial charge >= 0.3 is 46.1 Å². The first-order valence-corrected chi connectivity index (χ1v) is 5.56. The molecule has 0 rings (SSSR count). The van der Waals surface area contributed by atoms with Crippen LogP contribution in [0.25, 0.3) is 0 Å². The molecule has 10 heteroatoms. The van der Waals surface area contributed by atoms with Crippen molar-refractivity contribution in [2.45, 2.75) is 12.6 Å². The Kier molecular flexibility index (Phi) is 12.6. The summed E-state index contributed by atoms with van der Waals surface area (Å²) in [6.07, 6.45) is -0.851. The fourth-order valence-corrected chi connectivity index (χ4v) is 1.12. The van der Waals surface area contributed by atoms with Gasteiger partial charge in [0.05, 0.1) is 6.61 Å². The average molecular weight is 243 g/mol. The van der Waals surface area contributed by atoms with Gasteiger partial charge in [-0.25, -0.2) is 0 Å². The molecule has 3 unspecified atom stereocenters. The van der Waals surface area contributed by atoms with Crippen molar-refractivity contribution >= 4 is 46.1 Å². The quantitative estimate of drug-likeness (QED) is 0.305. The topological polar surface area (TPSA) is 119 Å². The van der Waals surface area contributed by atoms with Crippen molar-refractivity contribution in [1.82, 2.24) is 0 Å². The minimum absolute atomic E-state index is 0. The van der Waals surface area contributed by atoms with E-state index in [1.807, 2.05) is 0 Å². The van der Waals surface area contributed by atoms with Crippen LogP contribution in [-0.4, -0.2) is 52.2 Å². The molecule has 0 fully saturated rings. The van der Waals surface area contributed by atoms with E-state index in [0.717, 1.165) is 0 Å². The molecule has 76 valence electrons. The van der Waals surface area contributed by atoms with Gasteiger partial charge in [-0.15, -0.1) is 0 Å². The summed E-state index contributed by atoms with van der Waals surface area (Å²) < 4.78 is 28.5. The summed E-state index contributed by atoms with van der Waals surface area (Å²) >= 11 is 0. The molecule has 0 saturated heterocycles. The summed E-state index contributed by atoms with van der Waals surface area (Å²) in [5, 5.41) is 0. The molecule has 0 aromatic heterocycles. The second-order valence-corrected chi connectivity index (χ2v) is 3.41. The molecule has 0 aromatic rings. The molecule has 13 heavy (non-hydrogen) atoms. The van der Waals surface area contributed by atoms with Crippen LogP contribution in [0.2, 0.25) is 0 Å². The van der Waals surface area contributed by atoms with Crippen LogP contribution in [0.4, 0.5) is 0 Å². The van der Waals surface area contributed by atoms with Crippen LogP contribution in [0, 0.1) is 0 Å². The monoisotopic (exact) mass is 243 g/mol. The molecular formula is C3H12NNaO6P2. The van der Waals surface area contributed by atoms with E-state index >= 15 is 0 Å². The predicted octanol–water partition coefficient (Wildman–Crippen LogP) is -1.19. The summed E-state index contributed by atoms with van der Waals surface area (Å²) in [5.74, 6) is 0. The minimum atomic E-state index is -3.05. The van der Waals surface area contributed by atoms with Gasteiger partial charge in [0.25, 0.3) is 0 Å². The molecule has 0 bridgehead atoms. The number of rotatable bonds is 6. The summed E-state index contributed by atoms with van der Waals surface area (Å²) in [6, 6.07) is 0. The zero-order chi connectivity index (χ0) is 9.56. The van der Waals surface area contributed by atoms with Crippen LogP contribution < -0.4 is 5.73 Å². The molecule has 0 spiro atoms. The Morgan fingerprint density at radius 3 is 2.23 bits per heavy atom. The van der Waals surface area contributed by atoms with E-state index in [9.17, 15) is 9.13 Å². The van der Waals surface area contributed by atoms with E-state index in [1.165, 1.54) is 0 Å². The molecule has 0 aliphatic rings. The molecule has 3 atom stereocenters. The molecule has 4 N–H and O–H groups in total.